The van der Waals surface area contributed by atoms with Crippen LogP contribution < -0.4 is 4.74 Å². The molecule has 0 saturated carbocycles. The fourth-order valence-electron chi connectivity index (χ4n) is 0.768. The number of carbonyl (C=O) groups excluding carboxylic acids is 1. The van der Waals surface area contributed by atoms with Crippen molar-refractivity contribution in [3.8, 4) is 11.8 Å². The summed E-state index contributed by atoms with van der Waals surface area (Å²) in [5, 5.41) is 8.49. The van der Waals surface area contributed by atoms with Crippen molar-refractivity contribution in [2.45, 2.75) is 0 Å². The average Bonchev–Trinajstić information content (AvgIpc) is 2.16. The largest absolute Gasteiger partial charge is 0.494 e. The summed E-state index contributed by atoms with van der Waals surface area (Å²) >= 11 is 0. The van der Waals surface area contributed by atoms with E-state index in [-0.39, 0.29) is 5.69 Å². The third-order valence-electron chi connectivity index (χ3n) is 1.34. The highest BCUT2D eigenvalue weighted by Crippen LogP contribution is 2.14. The predicted octanol–water partition coefficient (Wildman–Crippen LogP) is 0.774. The number of carbonyl (C=O) groups is 1. The lowest BCUT2D eigenvalue weighted by molar-refractivity contribution is 0.111. The zero-order chi connectivity index (χ0) is 8.97. The number of pyridine rings is 1. The Hall–Kier alpha value is -1.89. The van der Waals surface area contributed by atoms with Gasteiger partial charge < -0.3 is 4.74 Å². The van der Waals surface area contributed by atoms with E-state index in [2.05, 4.69) is 4.98 Å². The van der Waals surface area contributed by atoms with Crippen molar-refractivity contribution in [1.29, 1.82) is 5.26 Å². The van der Waals surface area contributed by atoms with Crippen LogP contribution >= 0.6 is 0 Å². The molecule has 4 nitrogen and oxygen atoms in total. The van der Waals surface area contributed by atoms with E-state index < -0.39 is 0 Å². The van der Waals surface area contributed by atoms with E-state index in [4.69, 9.17) is 10.00 Å². The van der Waals surface area contributed by atoms with Crippen LogP contribution in [-0.4, -0.2) is 18.4 Å². The monoisotopic (exact) mass is 162 g/mol. The first-order valence-corrected chi connectivity index (χ1v) is 3.21. The van der Waals surface area contributed by atoms with Crippen molar-refractivity contribution in [2.24, 2.45) is 0 Å². The highest BCUT2D eigenvalue weighted by atomic mass is 16.5. The Morgan fingerprint density at radius 3 is 3.00 bits per heavy atom. The zero-order valence-electron chi connectivity index (χ0n) is 6.44. The van der Waals surface area contributed by atoms with Crippen LogP contribution in [0.25, 0.3) is 0 Å². The maximum Gasteiger partial charge on any atom is 0.172 e. The van der Waals surface area contributed by atoms with E-state index in [9.17, 15) is 4.79 Å². The quantitative estimate of drug-likeness (QED) is 0.602. The molecule has 0 bridgehead atoms. The van der Waals surface area contributed by atoms with E-state index >= 15 is 0 Å². The maximum absolute atomic E-state index is 10.4. The van der Waals surface area contributed by atoms with E-state index in [0.29, 0.717) is 17.6 Å². The minimum atomic E-state index is 0.205. The molecule has 4 heteroatoms. The van der Waals surface area contributed by atoms with Crippen LogP contribution in [0.2, 0.25) is 0 Å². The molecule has 1 aromatic heterocycles. The number of aldehydes is 1. The maximum atomic E-state index is 10.4. The van der Waals surface area contributed by atoms with Gasteiger partial charge in [0.1, 0.15) is 17.5 Å². The van der Waals surface area contributed by atoms with Crippen LogP contribution in [0.3, 0.4) is 0 Å². The van der Waals surface area contributed by atoms with Crippen molar-refractivity contribution < 1.29 is 9.53 Å². The molecule has 1 rings (SSSR count). The third kappa shape index (κ3) is 1.40. The van der Waals surface area contributed by atoms with Crippen molar-refractivity contribution in [2.75, 3.05) is 7.11 Å². The second kappa shape index (κ2) is 3.49. The second-order valence-corrected chi connectivity index (χ2v) is 2.04. The number of ether oxygens (including phenoxy) is 1. The molecule has 0 aromatic carbocycles. The van der Waals surface area contributed by atoms with Crippen molar-refractivity contribution in [3.63, 3.8) is 0 Å². The number of methoxy groups -OCH3 is 1. The molecule has 12 heavy (non-hydrogen) atoms. The van der Waals surface area contributed by atoms with Crippen LogP contribution in [0.5, 0.6) is 5.75 Å². The van der Waals surface area contributed by atoms with Gasteiger partial charge in [0, 0.05) is 12.3 Å². The van der Waals surface area contributed by atoms with Crippen molar-refractivity contribution in [3.05, 3.63) is 23.5 Å². The standard InChI is InChI=1S/C8H6N2O2/c1-12-8-2-6(3-9)4-10-7(8)5-11/h2,4-5H,1H3. The molecule has 0 radical (unpaired) electrons. The summed E-state index contributed by atoms with van der Waals surface area (Å²) in [4.78, 5) is 14.1. The van der Waals surface area contributed by atoms with Gasteiger partial charge in [-0.2, -0.15) is 5.26 Å². The second-order valence-electron chi connectivity index (χ2n) is 2.04. The number of aromatic nitrogens is 1. The molecule has 0 aliphatic carbocycles. The lowest BCUT2D eigenvalue weighted by Gasteiger charge is -2.00. The molecule has 0 amide bonds. The first-order valence-electron chi connectivity index (χ1n) is 3.21. The Kier molecular flexibility index (Phi) is 2.38. The van der Waals surface area contributed by atoms with E-state index in [1.165, 1.54) is 19.4 Å². The molecule has 0 saturated heterocycles. The molecule has 60 valence electrons. The third-order valence-corrected chi connectivity index (χ3v) is 1.34. The molecule has 1 aromatic rings. The summed E-state index contributed by atoms with van der Waals surface area (Å²) < 4.78 is 4.83. The normalized spacial score (nSPS) is 8.67. The van der Waals surface area contributed by atoms with E-state index in [0.717, 1.165) is 0 Å². The number of nitriles is 1. The highest BCUT2D eigenvalue weighted by molar-refractivity contribution is 5.76. The fraction of sp³-hybridized carbons (Fsp3) is 0.125. The van der Waals surface area contributed by atoms with Gasteiger partial charge in [-0.25, -0.2) is 4.98 Å². The van der Waals surface area contributed by atoms with E-state index in [1.807, 2.05) is 6.07 Å². The number of rotatable bonds is 2. The van der Waals surface area contributed by atoms with Gasteiger partial charge in [-0.15, -0.1) is 0 Å². The summed E-state index contributed by atoms with van der Waals surface area (Å²) in [5.74, 6) is 0.323. The Morgan fingerprint density at radius 1 is 1.75 bits per heavy atom. The molecule has 0 unspecified atom stereocenters. The SMILES string of the molecule is COc1cc(C#N)cnc1C=O. The van der Waals surface area contributed by atoms with Crippen molar-refractivity contribution in [1.82, 2.24) is 4.98 Å². The predicted molar refractivity (Wildman–Crippen MR) is 40.9 cm³/mol. The van der Waals surface area contributed by atoms with Crippen LogP contribution in [0, 0.1) is 11.3 Å². The zero-order valence-corrected chi connectivity index (χ0v) is 6.44. The minimum absolute atomic E-state index is 0.205. The molecule has 0 aliphatic rings. The number of hydrogen-bond donors (Lipinski definition) is 0. The summed E-state index contributed by atoms with van der Waals surface area (Å²) in [6.07, 6.45) is 1.91. The highest BCUT2D eigenvalue weighted by Gasteiger charge is 2.03. The fourth-order valence-corrected chi connectivity index (χ4v) is 0.768. The summed E-state index contributed by atoms with van der Waals surface area (Å²) in [5.41, 5.74) is 0.578. The molecule has 0 spiro atoms. The van der Waals surface area contributed by atoms with Crippen LogP contribution in [0.1, 0.15) is 16.1 Å². The summed E-state index contributed by atoms with van der Waals surface area (Å²) in [6, 6.07) is 3.36. The molecular formula is C8H6N2O2. The van der Waals surface area contributed by atoms with Gasteiger partial charge in [-0.1, -0.05) is 0 Å². The van der Waals surface area contributed by atoms with Gasteiger partial charge >= 0.3 is 0 Å². The Bertz CT molecular complexity index is 341. The van der Waals surface area contributed by atoms with Gasteiger partial charge in [0.25, 0.3) is 0 Å². The molecule has 0 N–H and O–H groups in total. The van der Waals surface area contributed by atoms with Crippen molar-refractivity contribution >= 4 is 6.29 Å². The van der Waals surface area contributed by atoms with Gasteiger partial charge in [-0.3, -0.25) is 4.79 Å². The Balaban J connectivity index is 3.21. The number of hydrogen-bond acceptors (Lipinski definition) is 4. The van der Waals surface area contributed by atoms with Gasteiger partial charge in [-0.05, 0) is 0 Å². The molecule has 0 fully saturated rings. The first-order chi connectivity index (χ1) is 5.81. The topological polar surface area (TPSA) is 63.0 Å². The van der Waals surface area contributed by atoms with Gasteiger partial charge in [0.05, 0.1) is 12.7 Å². The van der Waals surface area contributed by atoms with Gasteiger partial charge in [0.2, 0.25) is 0 Å². The molecule has 0 atom stereocenters. The Morgan fingerprint density at radius 2 is 2.50 bits per heavy atom. The summed E-state index contributed by atoms with van der Waals surface area (Å²) in [6.45, 7) is 0. The Labute approximate surface area is 69.4 Å². The first kappa shape index (κ1) is 8.21. The molecular weight excluding hydrogens is 156 g/mol. The molecule has 1 heterocycles. The lowest BCUT2D eigenvalue weighted by Crippen LogP contribution is -1.94. The van der Waals surface area contributed by atoms with Crippen LogP contribution in [-0.2, 0) is 0 Å². The minimum Gasteiger partial charge on any atom is -0.494 e. The average molecular weight is 162 g/mol. The molecule has 0 aliphatic heterocycles. The van der Waals surface area contributed by atoms with E-state index in [1.54, 1.807) is 0 Å². The van der Waals surface area contributed by atoms with Gasteiger partial charge in [0.15, 0.2) is 6.29 Å². The van der Waals surface area contributed by atoms with Crippen LogP contribution in [0.4, 0.5) is 0 Å². The van der Waals surface area contributed by atoms with Crippen LogP contribution in [0.15, 0.2) is 12.3 Å². The number of nitrogens with zero attached hydrogens (tertiary/aromatic N) is 2. The smallest absolute Gasteiger partial charge is 0.172 e. The lowest BCUT2D eigenvalue weighted by atomic mass is 10.2. The summed E-state index contributed by atoms with van der Waals surface area (Å²) in [7, 11) is 1.42.